The highest BCUT2D eigenvalue weighted by atomic mass is 35.5. The first kappa shape index (κ1) is 14.7. The molecule has 4 aromatic rings. The standard InChI is InChI=1S/C18H13ClN4O/c19-14-8-2-1-7-13(14)18-23-22-16(24-18)11-21-15-9-3-5-12-6-4-10-20-17(12)15/h1-10,21H,11H2. The summed E-state index contributed by atoms with van der Waals surface area (Å²) in [5.41, 5.74) is 2.56. The van der Waals surface area contributed by atoms with Gasteiger partial charge in [0, 0.05) is 11.6 Å². The third kappa shape index (κ3) is 2.81. The molecule has 2 aromatic heterocycles. The fourth-order valence-electron chi connectivity index (χ4n) is 2.49. The highest BCUT2D eigenvalue weighted by molar-refractivity contribution is 6.33. The zero-order chi connectivity index (χ0) is 16.4. The van der Waals surface area contributed by atoms with E-state index in [0.29, 0.717) is 23.3 Å². The monoisotopic (exact) mass is 336 g/mol. The Labute approximate surface area is 143 Å². The molecule has 1 N–H and O–H groups in total. The van der Waals surface area contributed by atoms with Gasteiger partial charge < -0.3 is 9.73 Å². The summed E-state index contributed by atoms with van der Waals surface area (Å²) >= 11 is 6.15. The highest BCUT2D eigenvalue weighted by Crippen LogP contribution is 2.26. The molecule has 0 saturated carbocycles. The van der Waals surface area contributed by atoms with E-state index in [-0.39, 0.29) is 0 Å². The normalized spacial score (nSPS) is 10.9. The summed E-state index contributed by atoms with van der Waals surface area (Å²) in [4.78, 5) is 4.41. The number of nitrogens with one attached hydrogen (secondary N) is 1. The van der Waals surface area contributed by atoms with Crippen LogP contribution in [0.25, 0.3) is 22.4 Å². The Bertz CT molecular complexity index is 994. The number of hydrogen-bond acceptors (Lipinski definition) is 5. The molecule has 6 heteroatoms. The molecular weight excluding hydrogens is 324 g/mol. The van der Waals surface area contributed by atoms with E-state index < -0.39 is 0 Å². The minimum absolute atomic E-state index is 0.410. The highest BCUT2D eigenvalue weighted by Gasteiger charge is 2.11. The first-order valence-corrected chi connectivity index (χ1v) is 7.84. The van der Waals surface area contributed by atoms with Crippen molar-refractivity contribution in [2.45, 2.75) is 6.54 Å². The maximum Gasteiger partial charge on any atom is 0.249 e. The number of pyridine rings is 1. The van der Waals surface area contributed by atoms with Crippen LogP contribution < -0.4 is 5.32 Å². The van der Waals surface area contributed by atoms with Crippen molar-refractivity contribution in [3.05, 3.63) is 71.7 Å². The zero-order valence-corrected chi connectivity index (χ0v) is 13.4. The van der Waals surface area contributed by atoms with Crippen molar-refractivity contribution in [1.82, 2.24) is 15.2 Å². The van der Waals surface area contributed by atoms with Gasteiger partial charge in [-0.2, -0.15) is 0 Å². The molecule has 0 atom stereocenters. The van der Waals surface area contributed by atoms with Gasteiger partial charge in [0.05, 0.1) is 28.3 Å². The van der Waals surface area contributed by atoms with Crippen LogP contribution in [-0.4, -0.2) is 15.2 Å². The molecule has 4 rings (SSSR count). The number of fused-ring (bicyclic) bond motifs is 1. The molecule has 0 amide bonds. The molecular formula is C18H13ClN4O. The Morgan fingerprint density at radius 3 is 2.75 bits per heavy atom. The smallest absolute Gasteiger partial charge is 0.249 e. The number of hydrogen-bond donors (Lipinski definition) is 1. The Morgan fingerprint density at radius 1 is 0.958 bits per heavy atom. The van der Waals surface area contributed by atoms with Gasteiger partial charge in [-0.25, -0.2) is 0 Å². The topological polar surface area (TPSA) is 63.8 Å². The summed E-state index contributed by atoms with van der Waals surface area (Å²) in [7, 11) is 0. The Balaban J connectivity index is 1.56. The lowest BCUT2D eigenvalue weighted by Gasteiger charge is -2.06. The fraction of sp³-hybridized carbons (Fsp3) is 0.0556. The molecule has 0 aliphatic rings. The van der Waals surface area contributed by atoms with Gasteiger partial charge in [0.25, 0.3) is 0 Å². The van der Waals surface area contributed by atoms with Crippen LogP contribution in [0.2, 0.25) is 5.02 Å². The van der Waals surface area contributed by atoms with Crippen molar-refractivity contribution in [2.75, 3.05) is 5.32 Å². The number of halogens is 1. The first-order chi connectivity index (χ1) is 11.8. The van der Waals surface area contributed by atoms with Gasteiger partial charge in [-0.05, 0) is 24.3 Å². The molecule has 118 valence electrons. The van der Waals surface area contributed by atoms with E-state index in [0.717, 1.165) is 22.2 Å². The van der Waals surface area contributed by atoms with E-state index in [1.807, 2.05) is 48.5 Å². The summed E-state index contributed by atoms with van der Waals surface area (Å²) in [6, 6.07) is 17.3. The fourth-order valence-corrected chi connectivity index (χ4v) is 2.70. The number of aromatic nitrogens is 3. The summed E-state index contributed by atoms with van der Waals surface area (Å²) in [5, 5.41) is 13.1. The lowest BCUT2D eigenvalue weighted by atomic mass is 10.2. The quantitative estimate of drug-likeness (QED) is 0.592. The number of benzene rings is 2. The van der Waals surface area contributed by atoms with Crippen LogP contribution in [0, 0.1) is 0 Å². The van der Waals surface area contributed by atoms with Gasteiger partial charge in [-0.15, -0.1) is 10.2 Å². The number of para-hydroxylation sites is 1. The summed E-state index contributed by atoms with van der Waals surface area (Å²) in [5.74, 6) is 0.895. The Kier molecular flexibility index (Phi) is 3.84. The SMILES string of the molecule is Clc1ccccc1-c1nnc(CNc2cccc3cccnc23)o1. The zero-order valence-electron chi connectivity index (χ0n) is 12.6. The molecule has 0 aliphatic heterocycles. The minimum Gasteiger partial charge on any atom is -0.419 e. The van der Waals surface area contributed by atoms with Gasteiger partial charge in [-0.3, -0.25) is 4.98 Å². The second-order valence-corrected chi connectivity index (χ2v) is 5.62. The summed E-state index contributed by atoms with van der Waals surface area (Å²) < 4.78 is 5.69. The van der Waals surface area contributed by atoms with Gasteiger partial charge in [0.1, 0.15) is 0 Å². The van der Waals surface area contributed by atoms with Crippen LogP contribution in [0.15, 0.2) is 65.2 Å². The van der Waals surface area contributed by atoms with Crippen molar-refractivity contribution in [1.29, 1.82) is 0 Å². The van der Waals surface area contributed by atoms with Crippen molar-refractivity contribution < 1.29 is 4.42 Å². The van der Waals surface area contributed by atoms with E-state index in [9.17, 15) is 0 Å². The van der Waals surface area contributed by atoms with Gasteiger partial charge in [0.2, 0.25) is 11.8 Å². The predicted molar refractivity (Wildman–Crippen MR) is 93.8 cm³/mol. The predicted octanol–water partition coefficient (Wildman–Crippen LogP) is 4.55. The number of nitrogens with zero attached hydrogens (tertiary/aromatic N) is 3. The molecule has 0 saturated heterocycles. The van der Waals surface area contributed by atoms with Crippen molar-refractivity contribution in [2.24, 2.45) is 0 Å². The number of rotatable bonds is 4. The first-order valence-electron chi connectivity index (χ1n) is 7.46. The largest absolute Gasteiger partial charge is 0.419 e. The van der Waals surface area contributed by atoms with E-state index in [1.165, 1.54) is 0 Å². The molecule has 24 heavy (non-hydrogen) atoms. The van der Waals surface area contributed by atoms with Gasteiger partial charge >= 0.3 is 0 Å². The third-order valence-corrected chi connectivity index (χ3v) is 3.96. The van der Waals surface area contributed by atoms with Gasteiger partial charge in [-0.1, -0.05) is 41.9 Å². The second kappa shape index (κ2) is 6.29. The Morgan fingerprint density at radius 2 is 1.83 bits per heavy atom. The van der Waals surface area contributed by atoms with E-state index in [1.54, 1.807) is 12.3 Å². The molecule has 0 aliphatic carbocycles. The van der Waals surface area contributed by atoms with Gasteiger partial charge in [0.15, 0.2) is 0 Å². The third-order valence-electron chi connectivity index (χ3n) is 3.63. The maximum absolute atomic E-state index is 6.15. The molecule has 2 heterocycles. The van der Waals surface area contributed by atoms with Crippen LogP contribution in [0.4, 0.5) is 5.69 Å². The van der Waals surface area contributed by atoms with Crippen LogP contribution in [0.1, 0.15) is 5.89 Å². The molecule has 0 unspecified atom stereocenters. The molecule has 0 spiro atoms. The minimum atomic E-state index is 0.410. The van der Waals surface area contributed by atoms with Crippen LogP contribution in [-0.2, 0) is 6.54 Å². The number of anilines is 1. The van der Waals surface area contributed by atoms with Crippen LogP contribution in [0.3, 0.4) is 0 Å². The van der Waals surface area contributed by atoms with Crippen LogP contribution >= 0.6 is 11.6 Å². The van der Waals surface area contributed by atoms with Crippen molar-refractivity contribution in [3.8, 4) is 11.5 Å². The molecule has 5 nitrogen and oxygen atoms in total. The lowest BCUT2D eigenvalue weighted by Crippen LogP contribution is -2.00. The lowest BCUT2D eigenvalue weighted by molar-refractivity contribution is 0.515. The Hall–Kier alpha value is -2.92. The van der Waals surface area contributed by atoms with E-state index in [4.69, 9.17) is 16.0 Å². The second-order valence-electron chi connectivity index (χ2n) is 5.22. The summed E-state index contributed by atoms with van der Waals surface area (Å²) in [6.07, 6.45) is 1.77. The van der Waals surface area contributed by atoms with E-state index >= 15 is 0 Å². The van der Waals surface area contributed by atoms with E-state index in [2.05, 4.69) is 20.5 Å². The van der Waals surface area contributed by atoms with Crippen molar-refractivity contribution in [3.63, 3.8) is 0 Å². The molecule has 0 radical (unpaired) electrons. The van der Waals surface area contributed by atoms with Crippen molar-refractivity contribution >= 4 is 28.2 Å². The average Bonchev–Trinajstić information content (AvgIpc) is 3.09. The molecule has 0 fully saturated rings. The van der Waals surface area contributed by atoms with Crippen LogP contribution in [0.5, 0.6) is 0 Å². The summed E-state index contributed by atoms with van der Waals surface area (Å²) in [6.45, 7) is 0.410. The molecule has 0 bridgehead atoms. The maximum atomic E-state index is 6.15. The average molecular weight is 337 g/mol. The molecule has 2 aromatic carbocycles.